The van der Waals surface area contributed by atoms with Crippen molar-refractivity contribution in [3.63, 3.8) is 0 Å². The van der Waals surface area contributed by atoms with E-state index < -0.39 is 0 Å². The number of carbonyl (C=O) groups is 1. The Balaban J connectivity index is 1.86. The van der Waals surface area contributed by atoms with Crippen LogP contribution in [0.1, 0.15) is 43.9 Å². The van der Waals surface area contributed by atoms with Gasteiger partial charge in [0, 0.05) is 27.9 Å². The van der Waals surface area contributed by atoms with Gasteiger partial charge < -0.3 is 4.74 Å². The molecule has 8 heteroatoms. The molecule has 0 saturated carbocycles. The molecule has 2 heterocycles. The van der Waals surface area contributed by atoms with Gasteiger partial charge in [-0.3, -0.25) is 10.2 Å². The SMILES string of the molecule is NNC(=O)CCCc1c(Cl)cc2c(cnn2C2CCCCO2)c1Br. The average Bonchev–Trinajstić information content (AvgIpc) is 3.02. The fourth-order valence-electron chi connectivity index (χ4n) is 3.03. The number of nitrogens with zero attached hydrogens (tertiary/aromatic N) is 2. The summed E-state index contributed by atoms with van der Waals surface area (Å²) in [5, 5.41) is 6.18. The number of nitrogens with two attached hydrogens (primary N) is 1. The first-order valence-corrected chi connectivity index (χ1v) is 9.24. The summed E-state index contributed by atoms with van der Waals surface area (Å²) in [7, 11) is 0. The van der Waals surface area contributed by atoms with Crippen LogP contribution in [0.2, 0.25) is 5.02 Å². The van der Waals surface area contributed by atoms with Crippen molar-refractivity contribution >= 4 is 44.3 Å². The van der Waals surface area contributed by atoms with Crippen molar-refractivity contribution in [3.05, 3.63) is 27.3 Å². The number of hydrazine groups is 1. The van der Waals surface area contributed by atoms with E-state index in [9.17, 15) is 4.79 Å². The Labute approximate surface area is 153 Å². The molecule has 24 heavy (non-hydrogen) atoms. The number of rotatable bonds is 5. The van der Waals surface area contributed by atoms with Crippen LogP contribution in [-0.4, -0.2) is 22.3 Å². The lowest BCUT2D eigenvalue weighted by Gasteiger charge is -2.23. The van der Waals surface area contributed by atoms with Gasteiger partial charge in [0.05, 0.1) is 11.7 Å². The van der Waals surface area contributed by atoms with Gasteiger partial charge in [0.2, 0.25) is 5.91 Å². The van der Waals surface area contributed by atoms with Crippen LogP contribution in [0.3, 0.4) is 0 Å². The van der Waals surface area contributed by atoms with Gasteiger partial charge in [-0.1, -0.05) is 11.6 Å². The average molecular weight is 416 g/mol. The van der Waals surface area contributed by atoms with Crippen LogP contribution in [0.4, 0.5) is 0 Å². The molecular formula is C16H20BrClN4O2. The molecular weight excluding hydrogens is 396 g/mol. The second-order valence-electron chi connectivity index (χ2n) is 5.92. The van der Waals surface area contributed by atoms with Crippen molar-refractivity contribution in [3.8, 4) is 0 Å². The molecule has 1 aromatic heterocycles. The lowest BCUT2D eigenvalue weighted by Crippen LogP contribution is -2.29. The summed E-state index contributed by atoms with van der Waals surface area (Å²) >= 11 is 10.1. The molecule has 2 aromatic rings. The first-order valence-electron chi connectivity index (χ1n) is 8.07. The van der Waals surface area contributed by atoms with Gasteiger partial charge >= 0.3 is 0 Å². The maximum Gasteiger partial charge on any atom is 0.233 e. The molecule has 6 nitrogen and oxygen atoms in total. The van der Waals surface area contributed by atoms with Crippen LogP contribution >= 0.6 is 27.5 Å². The lowest BCUT2D eigenvalue weighted by atomic mass is 10.1. The van der Waals surface area contributed by atoms with Gasteiger partial charge in [0.1, 0.15) is 0 Å². The van der Waals surface area contributed by atoms with E-state index in [0.29, 0.717) is 24.3 Å². The van der Waals surface area contributed by atoms with Gasteiger partial charge in [-0.05, 0) is 59.7 Å². The minimum absolute atomic E-state index is 0.0293. The quantitative estimate of drug-likeness (QED) is 0.445. The second-order valence-corrected chi connectivity index (χ2v) is 7.12. The first kappa shape index (κ1) is 17.7. The van der Waals surface area contributed by atoms with Crippen molar-refractivity contribution < 1.29 is 9.53 Å². The summed E-state index contributed by atoms with van der Waals surface area (Å²) in [6.07, 6.45) is 6.74. The molecule has 1 aromatic carbocycles. The van der Waals surface area contributed by atoms with Crippen LogP contribution in [0, 0.1) is 0 Å². The maximum absolute atomic E-state index is 11.3. The van der Waals surface area contributed by atoms with Gasteiger partial charge in [-0.2, -0.15) is 5.10 Å². The molecule has 1 aliphatic heterocycles. The Hall–Kier alpha value is -1.15. The highest BCUT2D eigenvalue weighted by atomic mass is 79.9. The number of aromatic nitrogens is 2. The van der Waals surface area contributed by atoms with Crippen LogP contribution < -0.4 is 11.3 Å². The van der Waals surface area contributed by atoms with E-state index in [4.69, 9.17) is 22.2 Å². The molecule has 0 aliphatic carbocycles. The zero-order valence-corrected chi connectivity index (χ0v) is 15.6. The summed E-state index contributed by atoms with van der Waals surface area (Å²) in [5.74, 6) is 4.93. The molecule has 1 aliphatic rings. The second kappa shape index (κ2) is 7.82. The minimum Gasteiger partial charge on any atom is -0.356 e. The molecule has 0 radical (unpaired) electrons. The number of halogens is 2. The fraction of sp³-hybridized carbons (Fsp3) is 0.500. The largest absolute Gasteiger partial charge is 0.356 e. The zero-order valence-electron chi connectivity index (χ0n) is 13.2. The molecule has 1 fully saturated rings. The highest BCUT2D eigenvalue weighted by molar-refractivity contribution is 9.10. The van der Waals surface area contributed by atoms with Gasteiger partial charge in [0.15, 0.2) is 6.23 Å². The highest BCUT2D eigenvalue weighted by Gasteiger charge is 2.21. The van der Waals surface area contributed by atoms with Crippen molar-refractivity contribution in [2.75, 3.05) is 6.61 Å². The lowest BCUT2D eigenvalue weighted by molar-refractivity contribution is -0.121. The van der Waals surface area contributed by atoms with E-state index in [1.165, 1.54) is 0 Å². The molecule has 1 saturated heterocycles. The highest BCUT2D eigenvalue weighted by Crippen LogP contribution is 2.36. The van der Waals surface area contributed by atoms with Crippen molar-refractivity contribution in [2.24, 2.45) is 5.84 Å². The normalized spacial score (nSPS) is 18.0. The number of hydrogen-bond donors (Lipinski definition) is 2. The molecule has 1 atom stereocenters. The van der Waals surface area contributed by atoms with E-state index in [1.807, 2.05) is 16.9 Å². The number of fused-ring (bicyclic) bond motifs is 1. The third kappa shape index (κ3) is 3.59. The standard InChI is InChI=1S/C16H20BrClN4O2/c17-16-10(4-3-5-14(23)21-19)12(18)8-13-11(16)9-20-22(13)15-6-1-2-7-24-15/h8-9,15H,1-7,19H2,(H,21,23). The topological polar surface area (TPSA) is 82.2 Å². The van der Waals surface area contributed by atoms with E-state index in [1.54, 1.807) is 0 Å². The van der Waals surface area contributed by atoms with E-state index in [2.05, 4.69) is 26.5 Å². The molecule has 1 unspecified atom stereocenters. The predicted molar refractivity (Wildman–Crippen MR) is 96.6 cm³/mol. The van der Waals surface area contributed by atoms with Gasteiger partial charge in [-0.15, -0.1) is 0 Å². The minimum atomic E-state index is -0.175. The Bertz CT molecular complexity index is 743. The molecule has 3 rings (SSSR count). The van der Waals surface area contributed by atoms with Crippen molar-refractivity contribution in [2.45, 2.75) is 44.8 Å². The Morgan fingerprint density at radius 3 is 3.08 bits per heavy atom. The fourth-order valence-corrected chi connectivity index (χ4v) is 4.16. The number of hydrogen-bond acceptors (Lipinski definition) is 4. The first-order chi connectivity index (χ1) is 11.6. The number of amides is 1. The summed E-state index contributed by atoms with van der Waals surface area (Å²) in [6.45, 7) is 0.766. The number of carbonyl (C=O) groups excluding carboxylic acids is 1. The van der Waals surface area contributed by atoms with Crippen LogP contribution in [0.15, 0.2) is 16.7 Å². The zero-order chi connectivity index (χ0) is 17.1. The Morgan fingerprint density at radius 1 is 1.54 bits per heavy atom. The third-order valence-electron chi connectivity index (χ3n) is 4.31. The molecule has 0 spiro atoms. The van der Waals surface area contributed by atoms with Gasteiger partial charge in [0.25, 0.3) is 0 Å². The molecule has 130 valence electrons. The van der Waals surface area contributed by atoms with Crippen LogP contribution in [0.5, 0.6) is 0 Å². The van der Waals surface area contributed by atoms with E-state index in [-0.39, 0.29) is 12.1 Å². The molecule has 1 amide bonds. The van der Waals surface area contributed by atoms with Crippen LogP contribution in [0.25, 0.3) is 10.9 Å². The number of benzene rings is 1. The maximum atomic E-state index is 11.3. The number of nitrogens with one attached hydrogen (secondary N) is 1. The summed E-state index contributed by atoms with van der Waals surface area (Å²) in [6, 6.07) is 1.94. The smallest absolute Gasteiger partial charge is 0.233 e. The van der Waals surface area contributed by atoms with Crippen molar-refractivity contribution in [1.82, 2.24) is 15.2 Å². The Morgan fingerprint density at radius 2 is 2.38 bits per heavy atom. The molecule has 3 N–H and O–H groups in total. The monoisotopic (exact) mass is 414 g/mol. The van der Waals surface area contributed by atoms with Crippen molar-refractivity contribution in [1.29, 1.82) is 0 Å². The van der Waals surface area contributed by atoms with E-state index in [0.717, 1.165) is 46.8 Å². The van der Waals surface area contributed by atoms with Gasteiger partial charge in [-0.25, -0.2) is 10.5 Å². The predicted octanol–water partition coefficient (Wildman–Crippen LogP) is 3.46. The van der Waals surface area contributed by atoms with Crippen LogP contribution in [-0.2, 0) is 16.0 Å². The summed E-state index contributed by atoms with van der Waals surface area (Å²) < 4.78 is 8.67. The van der Waals surface area contributed by atoms with E-state index >= 15 is 0 Å². The number of ether oxygens (including phenoxy) is 1. The summed E-state index contributed by atoms with van der Waals surface area (Å²) in [4.78, 5) is 11.3. The Kier molecular flexibility index (Phi) is 5.76. The summed E-state index contributed by atoms with van der Waals surface area (Å²) in [5.41, 5.74) is 4.08. The molecule has 0 bridgehead atoms. The third-order valence-corrected chi connectivity index (χ3v) is 5.55.